The third-order valence-corrected chi connectivity index (χ3v) is 19.8. The molecule has 5 atom stereocenters. The van der Waals surface area contributed by atoms with Crippen LogP contribution in [0, 0.1) is 11.3 Å². The monoisotopic (exact) mass is 558 g/mol. The zero-order chi connectivity index (χ0) is 28.9. The third kappa shape index (κ3) is 6.43. The average molecular weight is 559 g/mol. The van der Waals surface area contributed by atoms with Crippen LogP contribution in [0.15, 0.2) is 47.1 Å². The number of aliphatic hydroxyl groups is 1. The van der Waals surface area contributed by atoms with Gasteiger partial charge < -0.3 is 14.0 Å². The van der Waals surface area contributed by atoms with Gasteiger partial charge in [0.2, 0.25) is 0 Å². The molecule has 3 nitrogen and oxygen atoms in total. The second kappa shape index (κ2) is 10.9. The predicted octanol–water partition coefficient (Wildman–Crippen LogP) is 9.49. The first-order chi connectivity index (χ1) is 17.2. The fraction of sp³-hybridized carbons (Fsp3) is 0.758. The zero-order valence-electron chi connectivity index (χ0n) is 26.8. The van der Waals surface area contributed by atoms with Crippen LogP contribution >= 0.6 is 0 Å². The van der Waals surface area contributed by atoms with Crippen LogP contribution in [0.25, 0.3) is 0 Å². The molecule has 3 unspecified atom stereocenters. The molecule has 2 fully saturated rings. The first kappa shape index (κ1) is 31.8. The molecule has 0 aliphatic heterocycles. The summed E-state index contributed by atoms with van der Waals surface area (Å²) < 4.78 is 14.0. The van der Waals surface area contributed by atoms with Gasteiger partial charge in [0.25, 0.3) is 0 Å². The van der Waals surface area contributed by atoms with Gasteiger partial charge in [-0.3, -0.25) is 0 Å². The maximum Gasteiger partial charge on any atom is 0.192 e. The number of fused-ring (bicyclic) bond motifs is 1. The molecule has 0 bridgehead atoms. The van der Waals surface area contributed by atoms with Crippen LogP contribution in [0.2, 0.25) is 36.3 Å². The van der Waals surface area contributed by atoms with Crippen LogP contribution in [0.4, 0.5) is 0 Å². The highest BCUT2D eigenvalue weighted by Gasteiger charge is 2.47. The lowest BCUT2D eigenvalue weighted by molar-refractivity contribution is 0.0969. The smallest absolute Gasteiger partial charge is 0.192 e. The van der Waals surface area contributed by atoms with E-state index in [1.54, 1.807) is 0 Å². The summed E-state index contributed by atoms with van der Waals surface area (Å²) in [4.78, 5) is 0. The van der Waals surface area contributed by atoms with Gasteiger partial charge in [-0.05, 0) is 103 Å². The second-order valence-corrected chi connectivity index (χ2v) is 25.2. The van der Waals surface area contributed by atoms with Crippen molar-refractivity contribution in [2.45, 2.75) is 148 Å². The van der Waals surface area contributed by atoms with Crippen molar-refractivity contribution in [2.24, 2.45) is 11.3 Å². The highest BCUT2D eigenvalue weighted by molar-refractivity contribution is 6.74. The SMILES string of the molecule is C=C1/C(=C\C=C2/CCC[C@]3(C)C([C@H](C)O)=CCC23)CC(O[Si](C)(C)C(C)(C)C)CC1O[Si](C)(C)C(C)(C)C. The number of hydrogen-bond donors (Lipinski definition) is 1. The maximum atomic E-state index is 10.4. The van der Waals surface area contributed by atoms with Crippen molar-refractivity contribution in [2.75, 3.05) is 0 Å². The Hall–Kier alpha value is -0.726. The predicted molar refractivity (Wildman–Crippen MR) is 169 cm³/mol. The number of aliphatic hydroxyl groups excluding tert-OH is 1. The minimum atomic E-state index is -1.97. The molecule has 216 valence electrons. The van der Waals surface area contributed by atoms with E-state index in [4.69, 9.17) is 8.85 Å². The van der Waals surface area contributed by atoms with Crippen molar-refractivity contribution in [3.05, 3.63) is 47.1 Å². The summed E-state index contributed by atoms with van der Waals surface area (Å²) >= 11 is 0. The van der Waals surface area contributed by atoms with Gasteiger partial charge in [-0.2, -0.15) is 0 Å². The third-order valence-electron chi connectivity index (χ3n) is 10.8. The maximum absolute atomic E-state index is 10.4. The molecule has 5 heteroatoms. The Morgan fingerprint density at radius 1 is 1.03 bits per heavy atom. The zero-order valence-corrected chi connectivity index (χ0v) is 28.8. The fourth-order valence-electron chi connectivity index (χ4n) is 6.26. The summed E-state index contributed by atoms with van der Waals surface area (Å²) in [5, 5.41) is 10.8. The fourth-order valence-corrected chi connectivity index (χ4v) is 8.93. The Balaban J connectivity index is 1.93. The Morgan fingerprint density at radius 3 is 2.16 bits per heavy atom. The first-order valence-electron chi connectivity index (χ1n) is 15.0. The molecule has 0 radical (unpaired) electrons. The van der Waals surface area contributed by atoms with Crippen molar-refractivity contribution in [3.63, 3.8) is 0 Å². The first-order valence-corrected chi connectivity index (χ1v) is 20.8. The molecule has 3 aliphatic rings. The minimum absolute atomic E-state index is 0.00988. The van der Waals surface area contributed by atoms with Gasteiger partial charge in [0, 0.05) is 6.42 Å². The quantitative estimate of drug-likeness (QED) is 0.261. The van der Waals surface area contributed by atoms with Gasteiger partial charge in [-0.15, -0.1) is 0 Å². The summed E-state index contributed by atoms with van der Waals surface area (Å²) in [5.41, 5.74) is 5.30. The lowest BCUT2D eigenvalue weighted by Gasteiger charge is -2.45. The molecule has 0 aromatic rings. The molecule has 0 saturated heterocycles. The highest BCUT2D eigenvalue weighted by atomic mass is 28.4. The summed E-state index contributed by atoms with van der Waals surface area (Å²) in [5.74, 6) is 0.494. The van der Waals surface area contributed by atoms with Gasteiger partial charge in [0.05, 0.1) is 18.3 Å². The second-order valence-electron chi connectivity index (χ2n) is 15.7. The number of hydrogen-bond acceptors (Lipinski definition) is 3. The number of allylic oxidation sites excluding steroid dienone is 4. The Bertz CT molecular complexity index is 987. The Kier molecular flexibility index (Phi) is 9.14. The Labute approximate surface area is 237 Å². The molecule has 0 heterocycles. The van der Waals surface area contributed by atoms with E-state index in [-0.39, 0.29) is 33.8 Å². The van der Waals surface area contributed by atoms with E-state index in [1.807, 2.05) is 6.92 Å². The summed E-state index contributed by atoms with van der Waals surface area (Å²) in [6.07, 6.45) is 13.2. The standard InChI is InChI=1S/C33H58O3Si2/c1-23-26(17-16-25-15-14-20-33(9)28(24(2)34)18-19-29(25)33)21-27(35-37(10,11)31(3,4)5)22-30(23)36-38(12,13)32(6,7)8/h16-18,24,27,29-30,34H,1,14-15,19-22H2,2-13H3/b25-16+,26-17-/t24-,27?,29?,30?,33+/m0/s1. The van der Waals surface area contributed by atoms with Crippen molar-refractivity contribution in [3.8, 4) is 0 Å². The van der Waals surface area contributed by atoms with E-state index >= 15 is 0 Å². The van der Waals surface area contributed by atoms with Gasteiger partial charge in [-0.25, -0.2) is 0 Å². The van der Waals surface area contributed by atoms with Crippen LogP contribution < -0.4 is 0 Å². The van der Waals surface area contributed by atoms with Crippen molar-refractivity contribution in [1.82, 2.24) is 0 Å². The van der Waals surface area contributed by atoms with Gasteiger partial charge in [-0.1, -0.05) is 78.8 Å². The van der Waals surface area contributed by atoms with Gasteiger partial charge >= 0.3 is 0 Å². The molecule has 2 saturated carbocycles. The van der Waals surface area contributed by atoms with Crippen molar-refractivity contribution >= 4 is 16.6 Å². The van der Waals surface area contributed by atoms with Crippen molar-refractivity contribution in [1.29, 1.82) is 0 Å². The molecular weight excluding hydrogens is 501 g/mol. The van der Waals surface area contributed by atoms with Gasteiger partial charge in [0.15, 0.2) is 16.6 Å². The lowest BCUT2D eigenvalue weighted by atomic mass is 9.63. The molecule has 1 N–H and O–H groups in total. The molecule has 3 rings (SSSR count). The summed E-state index contributed by atoms with van der Waals surface area (Å²) in [6.45, 7) is 32.2. The van der Waals surface area contributed by atoms with Gasteiger partial charge in [0.1, 0.15) is 0 Å². The van der Waals surface area contributed by atoms with E-state index in [2.05, 4.69) is 99.5 Å². The molecule has 0 aromatic carbocycles. The van der Waals surface area contributed by atoms with Crippen molar-refractivity contribution < 1.29 is 14.0 Å². The molecule has 3 aliphatic carbocycles. The Morgan fingerprint density at radius 2 is 1.61 bits per heavy atom. The molecule has 0 amide bonds. The highest BCUT2D eigenvalue weighted by Crippen LogP contribution is 2.55. The molecule has 38 heavy (non-hydrogen) atoms. The summed E-state index contributed by atoms with van der Waals surface area (Å²) in [6, 6.07) is 0. The normalized spacial score (nSPS) is 32.5. The molecular formula is C33H58O3Si2. The largest absolute Gasteiger partial charge is 0.413 e. The molecule has 0 aromatic heterocycles. The van der Waals surface area contributed by atoms with E-state index in [1.165, 1.54) is 29.6 Å². The molecule has 0 spiro atoms. The topological polar surface area (TPSA) is 38.7 Å². The van der Waals surface area contributed by atoms with E-state index < -0.39 is 16.6 Å². The van der Waals surface area contributed by atoms with E-state index in [9.17, 15) is 5.11 Å². The lowest BCUT2D eigenvalue weighted by Crippen LogP contribution is -2.49. The van der Waals surface area contributed by atoms with Crippen LogP contribution in [-0.4, -0.2) is 40.1 Å². The van der Waals surface area contributed by atoms with Crippen LogP contribution in [0.5, 0.6) is 0 Å². The van der Waals surface area contributed by atoms with E-state index in [0.717, 1.165) is 31.3 Å². The minimum Gasteiger partial charge on any atom is -0.413 e. The van der Waals surface area contributed by atoms with E-state index in [0.29, 0.717) is 5.92 Å². The summed E-state index contributed by atoms with van der Waals surface area (Å²) in [7, 11) is -3.89. The van der Waals surface area contributed by atoms with Crippen LogP contribution in [-0.2, 0) is 8.85 Å². The number of rotatable bonds is 6. The van der Waals surface area contributed by atoms with Crippen LogP contribution in [0.3, 0.4) is 0 Å². The van der Waals surface area contributed by atoms with Crippen LogP contribution in [0.1, 0.15) is 93.9 Å². The average Bonchev–Trinajstić information content (AvgIpc) is 3.10.